The molecule has 1 amide bonds. The lowest BCUT2D eigenvalue weighted by Gasteiger charge is -2.33. The number of thiophene rings is 1. The molecule has 4 heterocycles. The number of hydrogen-bond acceptors (Lipinski definition) is 6. The summed E-state index contributed by atoms with van der Waals surface area (Å²) in [4.78, 5) is 39.5. The maximum absolute atomic E-state index is 13.4. The number of fused-ring (bicyclic) bond motifs is 1. The average Bonchev–Trinajstić information content (AvgIpc) is 3.25. The van der Waals surface area contributed by atoms with Crippen LogP contribution in [0.3, 0.4) is 0 Å². The van der Waals surface area contributed by atoms with Gasteiger partial charge in [-0.15, -0.1) is 11.3 Å². The Morgan fingerprint density at radius 3 is 2.81 bits per heavy atom. The predicted molar refractivity (Wildman–Crippen MR) is 121 cm³/mol. The van der Waals surface area contributed by atoms with Crippen molar-refractivity contribution in [3.05, 3.63) is 81.6 Å². The summed E-state index contributed by atoms with van der Waals surface area (Å²) in [5, 5.41) is 5.25. The zero-order chi connectivity index (χ0) is 21.2. The van der Waals surface area contributed by atoms with Crippen molar-refractivity contribution in [3.8, 4) is 11.5 Å². The van der Waals surface area contributed by atoms with Gasteiger partial charge in [-0.05, 0) is 24.1 Å². The molecule has 0 spiro atoms. The number of benzene rings is 1. The molecule has 7 nitrogen and oxygen atoms in total. The molecule has 1 aromatic carbocycles. The number of carbonyl (C=O) groups excluding carboxylic acids is 1. The molecule has 0 saturated carbocycles. The van der Waals surface area contributed by atoms with Crippen LogP contribution in [0.1, 0.15) is 15.9 Å². The Bertz CT molecular complexity index is 1270. The minimum Gasteiger partial charge on any atom is -0.336 e. The smallest absolute Gasteiger partial charge is 0.269 e. The fourth-order valence-electron chi connectivity index (χ4n) is 3.92. The van der Waals surface area contributed by atoms with Crippen LogP contribution in [0.15, 0.2) is 64.9 Å². The first kappa shape index (κ1) is 19.6. The summed E-state index contributed by atoms with van der Waals surface area (Å²) >= 11 is 1.25. The highest BCUT2D eigenvalue weighted by Gasteiger charge is 2.27. The van der Waals surface area contributed by atoms with E-state index in [1.54, 1.807) is 23.7 Å². The molecule has 1 aliphatic heterocycles. The molecule has 31 heavy (non-hydrogen) atoms. The van der Waals surface area contributed by atoms with Gasteiger partial charge >= 0.3 is 0 Å². The highest BCUT2D eigenvalue weighted by Crippen LogP contribution is 2.25. The van der Waals surface area contributed by atoms with E-state index in [0.717, 1.165) is 13.0 Å². The first-order chi connectivity index (χ1) is 15.2. The number of carbonyl (C=O) groups is 1. The Labute approximate surface area is 182 Å². The average molecular weight is 432 g/mol. The maximum Gasteiger partial charge on any atom is 0.269 e. The van der Waals surface area contributed by atoms with E-state index in [0.29, 0.717) is 40.4 Å². The molecule has 3 aromatic heterocycles. The van der Waals surface area contributed by atoms with E-state index in [1.807, 2.05) is 29.2 Å². The Morgan fingerprint density at radius 2 is 2.00 bits per heavy atom. The molecule has 8 heteroatoms. The third kappa shape index (κ3) is 3.99. The normalized spacial score (nSPS) is 16.5. The van der Waals surface area contributed by atoms with Crippen LogP contribution in [0.2, 0.25) is 0 Å². The third-order valence-corrected chi connectivity index (χ3v) is 6.40. The monoisotopic (exact) mass is 431 g/mol. The number of nitrogens with one attached hydrogen (secondary N) is 2. The Kier molecular flexibility index (Phi) is 5.31. The van der Waals surface area contributed by atoms with Crippen LogP contribution in [0.4, 0.5) is 0 Å². The molecule has 0 bridgehead atoms. The van der Waals surface area contributed by atoms with Crippen molar-refractivity contribution in [2.45, 2.75) is 12.5 Å². The number of hydrogen-bond donors (Lipinski definition) is 2. The van der Waals surface area contributed by atoms with Gasteiger partial charge in [-0.1, -0.05) is 36.4 Å². The SMILES string of the molecule is O=C(c1csc2c(=O)[nH]c(-c3ccccn3)nc12)N1CCNC(Cc2ccccc2)C1. The molecule has 1 fully saturated rings. The number of aromatic nitrogens is 3. The summed E-state index contributed by atoms with van der Waals surface area (Å²) in [6.07, 6.45) is 2.50. The van der Waals surface area contributed by atoms with Crippen molar-refractivity contribution in [1.82, 2.24) is 25.2 Å². The first-order valence-electron chi connectivity index (χ1n) is 10.2. The Morgan fingerprint density at radius 1 is 1.16 bits per heavy atom. The molecule has 2 N–H and O–H groups in total. The van der Waals surface area contributed by atoms with Crippen LogP contribution >= 0.6 is 11.3 Å². The van der Waals surface area contributed by atoms with Crippen molar-refractivity contribution >= 4 is 27.5 Å². The fourth-order valence-corrected chi connectivity index (χ4v) is 4.79. The van der Waals surface area contributed by atoms with Gasteiger partial charge in [0.2, 0.25) is 0 Å². The number of piperazine rings is 1. The zero-order valence-corrected chi connectivity index (χ0v) is 17.6. The van der Waals surface area contributed by atoms with E-state index in [9.17, 15) is 9.59 Å². The van der Waals surface area contributed by atoms with Crippen LogP contribution in [0, 0.1) is 0 Å². The summed E-state index contributed by atoms with van der Waals surface area (Å²) in [6.45, 7) is 1.97. The molecule has 5 rings (SSSR count). The quantitative estimate of drug-likeness (QED) is 0.519. The number of nitrogens with zero attached hydrogens (tertiary/aromatic N) is 3. The minimum atomic E-state index is -0.253. The summed E-state index contributed by atoms with van der Waals surface area (Å²) in [5.41, 5.74) is 2.47. The van der Waals surface area contributed by atoms with Crippen LogP contribution in [-0.4, -0.2) is 51.4 Å². The van der Waals surface area contributed by atoms with Crippen molar-refractivity contribution in [2.24, 2.45) is 0 Å². The molecule has 4 aromatic rings. The van der Waals surface area contributed by atoms with Gasteiger partial charge in [-0.2, -0.15) is 0 Å². The molecular formula is C23H21N5O2S. The van der Waals surface area contributed by atoms with Crippen LogP contribution in [0.5, 0.6) is 0 Å². The summed E-state index contributed by atoms with van der Waals surface area (Å²) < 4.78 is 0.457. The summed E-state index contributed by atoms with van der Waals surface area (Å²) in [7, 11) is 0. The van der Waals surface area contributed by atoms with Gasteiger partial charge in [0.15, 0.2) is 5.82 Å². The standard InChI is InChI=1S/C23H21N5O2S/c29-22-20-19(26-21(27-22)18-8-4-5-9-25-18)17(14-31-20)23(30)28-11-10-24-16(13-28)12-15-6-2-1-3-7-15/h1-9,14,16,24H,10-13H2,(H,26,27,29). The summed E-state index contributed by atoms with van der Waals surface area (Å²) in [6, 6.07) is 15.9. The van der Waals surface area contributed by atoms with Crippen molar-refractivity contribution in [2.75, 3.05) is 19.6 Å². The van der Waals surface area contributed by atoms with E-state index >= 15 is 0 Å². The number of rotatable bonds is 4. The van der Waals surface area contributed by atoms with Crippen molar-refractivity contribution in [1.29, 1.82) is 0 Å². The third-order valence-electron chi connectivity index (χ3n) is 5.43. The Hall–Kier alpha value is -3.36. The number of aromatic amines is 1. The lowest BCUT2D eigenvalue weighted by molar-refractivity contribution is 0.0705. The first-order valence-corrected chi connectivity index (χ1v) is 11.1. The highest BCUT2D eigenvalue weighted by atomic mass is 32.1. The molecular weight excluding hydrogens is 410 g/mol. The van der Waals surface area contributed by atoms with E-state index in [-0.39, 0.29) is 17.5 Å². The Balaban J connectivity index is 1.43. The molecule has 156 valence electrons. The van der Waals surface area contributed by atoms with Gasteiger partial charge in [0, 0.05) is 37.3 Å². The lowest BCUT2D eigenvalue weighted by Crippen LogP contribution is -2.53. The largest absolute Gasteiger partial charge is 0.336 e. The second-order valence-corrected chi connectivity index (χ2v) is 8.43. The topological polar surface area (TPSA) is 91.0 Å². The predicted octanol–water partition coefficient (Wildman–Crippen LogP) is 2.70. The number of amides is 1. The van der Waals surface area contributed by atoms with Gasteiger partial charge in [-0.3, -0.25) is 14.6 Å². The second kappa shape index (κ2) is 8.41. The van der Waals surface area contributed by atoms with E-state index in [2.05, 4.69) is 32.4 Å². The van der Waals surface area contributed by atoms with Gasteiger partial charge < -0.3 is 15.2 Å². The van der Waals surface area contributed by atoms with E-state index in [4.69, 9.17) is 0 Å². The van der Waals surface area contributed by atoms with Gasteiger partial charge in [0.1, 0.15) is 15.9 Å². The molecule has 1 saturated heterocycles. The highest BCUT2D eigenvalue weighted by molar-refractivity contribution is 7.17. The fraction of sp³-hybridized carbons (Fsp3) is 0.217. The minimum absolute atomic E-state index is 0.0871. The number of H-pyrrole nitrogens is 1. The second-order valence-electron chi connectivity index (χ2n) is 7.55. The molecule has 0 radical (unpaired) electrons. The van der Waals surface area contributed by atoms with E-state index in [1.165, 1.54) is 16.9 Å². The maximum atomic E-state index is 13.4. The van der Waals surface area contributed by atoms with Gasteiger partial charge in [-0.25, -0.2) is 4.98 Å². The van der Waals surface area contributed by atoms with Gasteiger partial charge in [0.25, 0.3) is 11.5 Å². The van der Waals surface area contributed by atoms with Crippen LogP contribution in [0.25, 0.3) is 21.7 Å². The van der Waals surface area contributed by atoms with Crippen molar-refractivity contribution in [3.63, 3.8) is 0 Å². The molecule has 0 aliphatic carbocycles. The summed E-state index contributed by atoms with van der Waals surface area (Å²) in [5.74, 6) is 0.281. The molecule has 1 unspecified atom stereocenters. The van der Waals surface area contributed by atoms with E-state index < -0.39 is 0 Å². The van der Waals surface area contributed by atoms with Crippen molar-refractivity contribution < 1.29 is 4.79 Å². The molecule has 1 aliphatic rings. The lowest BCUT2D eigenvalue weighted by atomic mass is 10.0. The zero-order valence-electron chi connectivity index (χ0n) is 16.7. The molecule has 1 atom stereocenters. The van der Waals surface area contributed by atoms with Crippen LogP contribution in [-0.2, 0) is 6.42 Å². The number of pyridine rings is 1. The van der Waals surface area contributed by atoms with Crippen LogP contribution < -0.4 is 10.9 Å². The van der Waals surface area contributed by atoms with Gasteiger partial charge in [0.05, 0.1) is 5.56 Å².